The molecule has 0 saturated carbocycles. The number of nitrogens with zero attached hydrogens (tertiary/aromatic N) is 4. The van der Waals surface area contributed by atoms with Crippen LogP contribution in [0.3, 0.4) is 0 Å². The van der Waals surface area contributed by atoms with Gasteiger partial charge in [0.15, 0.2) is 0 Å². The molecule has 3 aromatic rings. The zero-order valence-electron chi connectivity index (χ0n) is 17.2. The number of ether oxygens (including phenoxy) is 1. The van der Waals surface area contributed by atoms with Crippen LogP contribution in [0.2, 0.25) is 0 Å². The molecule has 0 bridgehead atoms. The summed E-state index contributed by atoms with van der Waals surface area (Å²) in [6.45, 7) is 7.73. The first-order valence-corrected chi connectivity index (χ1v) is 9.94. The summed E-state index contributed by atoms with van der Waals surface area (Å²) >= 11 is 0. The summed E-state index contributed by atoms with van der Waals surface area (Å²) in [7, 11) is 1.72. The van der Waals surface area contributed by atoms with Gasteiger partial charge in [0.05, 0.1) is 12.8 Å². The van der Waals surface area contributed by atoms with Crippen molar-refractivity contribution in [2.75, 3.05) is 48.4 Å². The number of hydrogen-bond acceptors (Lipinski definition) is 6. The molecule has 6 heteroatoms. The van der Waals surface area contributed by atoms with Crippen LogP contribution in [0.5, 0.6) is 5.75 Å². The molecule has 1 aliphatic heterocycles. The van der Waals surface area contributed by atoms with Crippen molar-refractivity contribution in [2.24, 2.45) is 0 Å². The van der Waals surface area contributed by atoms with Crippen LogP contribution < -0.4 is 19.9 Å². The number of piperazine rings is 1. The molecule has 29 heavy (non-hydrogen) atoms. The van der Waals surface area contributed by atoms with Crippen molar-refractivity contribution < 1.29 is 4.74 Å². The second-order valence-corrected chi connectivity index (χ2v) is 7.33. The van der Waals surface area contributed by atoms with E-state index in [2.05, 4.69) is 57.4 Å². The molecule has 2 heterocycles. The molecule has 1 N–H and O–H groups in total. The number of methoxy groups -OCH3 is 1. The summed E-state index contributed by atoms with van der Waals surface area (Å²) in [6.07, 6.45) is 0. The number of nitrogens with one attached hydrogen (secondary N) is 1. The first-order valence-electron chi connectivity index (χ1n) is 9.94. The van der Waals surface area contributed by atoms with Gasteiger partial charge in [-0.15, -0.1) is 0 Å². The van der Waals surface area contributed by atoms with Gasteiger partial charge >= 0.3 is 0 Å². The van der Waals surface area contributed by atoms with Gasteiger partial charge in [0.25, 0.3) is 0 Å². The molecule has 4 rings (SSSR count). The number of benzene rings is 2. The smallest absolute Gasteiger partial charge is 0.229 e. The molecule has 0 unspecified atom stereocenters. The molecule has 0 amide bonds. The zero-order valence-corrected chi connectivity index (χ0v) is 17.2. The molecule has 2 aromatic carbocycles. The van der Waals surface area contributed by atoms with Crippen LogP contribution in [0.4, 0.5) is 23.1 Å². The molecule has 1 fully saturated rings. The third-order valence-electron chi connectivity index (χ3n) is 5.14. The molecular weight excluding hydrogens is 362 g/mol. The Hall–Kier alpha value is -3.28. The Morgan fingerprint density at radius 2 is 1.62 bits per heavy atom. The van der Waals surface area contributed by atoms with Crippen LogP contribution >= 0.6 is 0 Å². The molecule has 0 aliphatic carbocycles. The minimum atomic E-state index is 0.637. The van der Waals surface area contributed by atoms with Gasteiger partial charge in [-0.1, -0.05) is 24.3 Å². The summed E-state index contributed by atoms with van der Waals surface area (Å²) in [4.78, 5) is 14.0. The van der Waals surface area contributed by atoms with Crippen LogP contribution in [0.15, 0.2) is 54.6 Å². The number of para-hydroxylation sites is 2. The first-order chi connectivity index (χ1) is 14.1. The SMILES string of the molecule is COc1ccccc1N1CCN(c2cc(C)nc(Nc3cccc(C)c3)n2)CC1. The lowest BCUT2D eigenvalue weighted by molar-refractivity contribution is 0.413. The summed E-state index contributed by atoms with van der Waals surface area (Å²) in [5.41, 5.74) is 4.31. The number of anilines is 4. The largest absolute Gasteiger partial charge is 0.495 e. The van der Waals surface area contributed by atoms with E-state index in [9.17, 15) is 0 Å². The fraction of sp³-hybridized carbons (Fsp3) is 0.304. The first kappa shape index (κ1) is 19.1. The molecular formula is C23H27N5O. The van der Waals surface area contributed by atoms with Crippen molar-refractivity contribution in [3.63, 3.8) is 0 Å². The normalized spacial score (nSPS) is 14.0. The zero-order chi connectivity index (χ0) is 20.2. The summed E-state index contributed by atoms with van der Waals surface area (Å²) in [5.74, 6) is 2.52. The summed E-state index contributed by atoms with van der Waals surface area (Å²) in [5, 5.41) is 3.34. The van der Waals surface area contributed by atoms with Gasteiger partial charge in [-0.2, -0.15) is 4.98 Å². The highest BCUT2D eigenvalue weighted by Gasteiger charge is 2.21. The lowest BCUT2D eigenvalue weighted by atomic mass is 10.2. The number of rotatable bonds is 5. The maximum absolute atomic E-state index is 5.52. The van der Waals surface area contributed by atoms with E-state index in [1.165, 1.54) is 5.56 Å². The van der Waals surface area contributed by atoms with Gasteiger partial charge in [-0.3, -0.25) is 0 Å². The van der Waals surface area contributed by atoms with E-state index in [-0.39, 0.29) is 0 Å². The van der Waals surface area contributed by atoms with E-state index in [0.29, 0.717) is 5.95 Å². The van der Waals surface area contributed by atoms with E-state index in [1.54, 1.807) is 7.11 Å². The molecule has 1 saturated heterocycles. The Morgan fingerprint density at radius 1 is 0.862 bits per heavy atom. The number of aryl methyl sites for hydroxylation is 2. The minimum Gasteiger partial charge on any atom is -0.495 e. The van der Waals surface area contributed by atoms with Gasteiger partial charge in [-0.25, -0.2) is 4.98 Å². The minimum absolute atomic E-state index is 0.637. The molecule has 150 valence electrons. The van der Waals surface area contributed by atoms with Crippen molar-refractivity contribution in [1.82, 2.24) is 9.97 Å². The molecule has 0 atom stereocenters. The summed E-state index contributed by atoms with van der Waals surface area (Å²) < 4.78 is 5.52. The Labute approximate surface area is 172 Å². The van der Waals surface area contributed by atoms with Gasteiger partial charge in [-0.05, 0) is 43.7 Å². The highest BCUT2D eigenvalue weighted by Crippen LogP contribution is 2.29. The van der Waals surface area contributed by atoms with Crippen molar-refractivity contribution >= 4 is 23.1 Å². The van der Waals surface area contributed by atoms with E-state index < -0.39 is 0 Å². The van der Waals surface area contributed by atoms with Crippen molar-refractivity contribution in [3.05, 3.63) is 65.9 Å². The second kappa shape index (κ2) is 8.39. The predicted molar refractivity (Wildman–Crippen MR) is 119 cm³/mol. The Bertz CT molecular complexity index is 983. The van der Waals surface area contributed by atoms with E-state index in [4.69, 9.17) is 9.72 Å². The van der Waals surface area contributed by atoms with E-state index in [1.807, 2.05) is 31.2 Å². The van der Waals surface area contributed by atoms with E-state index in [0.717, 1.165) is 54.8 Å². The number of hydrogen-bond donors (Lipinski definition) is 1. The fourth-order valence-electron chi connectivity index (χ4n) is 3.69. The van der Waals surface area contributed by atoms with Crippen LogP contribution in [-0.4, -0.2) is 43.3 Å². The average Bonchev–Trinajstić information content (AvgIpc) is 2.73. The Morgan fingerprint density at radius 3 is 2.38 bits per heavy atom. The van der Waals surface area contributed by atoms with Crippen LogP contribution in [0.25, 0.3) is 0 Å². The van der Waals surface area contributed by atoms with Crippen LogP contribution in [0.1, 0.15) is 11.3 Å². The third kappa shape index (κ3) is 4.42. The quantitative estimate of drug-likeness (QED) is 0.707. The van der Waals surface area contributed by atoms with Gasteiger partial charge in [0.2, 0.25) is 5.95 Å². The maximum atomic E-state index is 5.52. The van der Waals surface area contributed by atoms with Crippen molar-refractivity contribution in [3.8, 4) is 5.75 Å². The second-order valence-electron chi connectivity index (χ2n) is 7.33. The monoisotopic (exact) mass is 389 g/mol. The third-order valence-corrected chi connectivity index (χ3v) is 5.14. The van der Waals surface area contributed by atoms with Crippen LogP contribution in [-0.2, 0) is 0 Å². The lowest BCUT2D eigenvalue weighted by Gasteiger charge is -2.37. The standard InChI is InChI=1S/C23H27N5O/c1-17-7-6-8-19(15-17)25-23-24-18(2)16-22(26-23)28-13-11-27(12-14-28)20-9-4-5-10-21(20)29-3/h4-10,15-16H,11-14H2,1-3H3,(H,24,25,26). The highest BCUT2D eigenvalue weighted by atomic mass is 16.5. The maximum Gasteiger partial charge on any atom is 0.229 e. The average molecular weight is 390 g/mol. The van der Waals surface area contributed by atoms with Crippen LogP contribution in [0, 0.1) is 13.8 Å². The predicted octanol–water partition coefficient (Wildman–Crippen LogP) is 4.17. The van der Waals surface area contributed by atoms with Crippen molar-refractivity contribution in [2.45, 2.75) is 13.8 Å². The molecule has 0 radical (unpaired) electrons. The number of aromatic nitrogens is 2. The van der Waals surface area contributed by atoms with Gasteiger partial charge in [0, 0.05) is 43.6 Å². The summed E-state index contributed by atoms with van der Waals surface area (Å²) in [6, 6.07) is 18.5. The van der Waals surface area contributed by atoms with E-state index >= 15 is 0 Å². The Kier molecular flexibility index (Phi) is 5.51. The Balaban J connectivity index is 1.47. The van der Waals surface area contributed by atoms with Gasteiger partial charge in [0.1, 0.15) is 11.6 Å². The fourth-order valence-corrected chi connectivity index (χ4v) is 3.69. The molecule has 0 spiro atoms. The highest BCUT2D eigenvalue weighted by molar-refractivity contribution is 5.60. The molecule has 1 aliphatic rings. The lowest BCUT2D eigenvalue weighted by Crippen LogP contribution is -2.47. The van der Waals surface area contributed by atoms with Gasteiger partial charge < -0.3 is 19.9 Å². The topological polar surface area (TPSA) is 53.5 Å². The molecule has 6 nitrogen and oxygen atoms in total. The van der Waals surface area contributed by atoms with Crippen molar-refractivity contribution in [1.29, 1.82) is 0 Å². The molecule has 1 aromatic heterocycles.